The van der Waals surface area contributed by atoms with E-state index in [-0.39, 0.29) is 36.4 Å². The lowest BCUT2D eigenvalue weighted by Crippen LogP contribution is -2.53. The number of aromatic carboxylic acids is 1. The fourth-order valence-corrected chi connectivity index (χ4v) is 4.23. The second-order valence-corrected chi connectivity index (χ2v) is 8.36. The van der Waals surface area contributed by atoms with E-state index in [1.54, 1.807) is 46.2 Å². The molecule has 1 fully saturated rings. The van der Waals surface area contributed by atoms with Crippen molar-refractivity contribution in [2.45, 2.75) is 26.4 Å². The second-order valence-electron chi connectivity index (χ2n) is 7.51. The Morgan fingerprint density at radius 3 is 2.27 bits per heavy atom. The molecule has 0 bridgehead atoms. The molecule has 2 aromatic rings. The van der Waals surface area contributed by atoms with Gasteiger partial charge in [-0.25, -0.2) is 9.59 Å². The van der Waals surface area contributed by atoms with Crippen LogP contribution in [0.15, 0.2) is 42.5 Å². The van der Waals surface area contributed by atoms with Crippen molar-refractivity contribution in [1.29, 1.82) is 0 Å². The SMILES string of the molecule is CC(=O)CC1CN(Cc2ccc(Cl)cc2Cl)C(=O)N(Cc2ccccc2C(=O)O)C1. The lowest BCUT2D eigenvalue weighted by molar-refractivity contribution is -0.118. The third kappa shape index (κ3) is 5.32. The molecule has 2 amide bonds. The molecule has 1 N–H and O–H groups in total. The highest BCUT2D eigenvalue weighted by molar-refractivity contribution is 6.35. The number of ketones is 1. The highest BCUT2D eigenvalue weighted by atomic mass is 35.5. The Bertz CT molecular complexity index is 979. The Hall–Kier alpha value is -2.57. The molecule has 1 aliphatic heterocycles. The van der Waals surface area contributed by atoms with Gasteiger partial charge < -0.3 is 19.7 Å². The van der Waals surface area contributed by atoms with E-state index in [2.05, 4.69) is 0 Å². The molecule has 0 aromatic heterocycles. The van der Waals surface area contributed by atoms with E-state index in [1.165, 1.54) is 13.0 Å². The number of carbonyl (C=O) groups excluding carboxylic acids is 2. The summed E-state index contributed by atoms with van der Waals surface area (Å²) in [6.07, 6.45) is 0.342. The minimum Gasteiger partial charge on any atom is -0.478 e. The summed E-state index contributed by atoms with van der Waals surface area (Å²) in [5, 5.41) is 10.4. The first-order valence-electron chi connectivity index (χ1n) is 9.53. The van der Waals surface area contributed by atoms with E-state index in [0.717, 1.165) is 5.56 Å². The molecule has 1 unspecified atom stereocenters. The number of nitrogens with zero attached hydrogens (tertiary/aromatic N) is 2. The third-order valence-electron chi connectivity index (χ3n) is 5.06. The summed E-state index contributed by atoms with van der Waals surface area (Å²) in [5.41, 5.74) is 1.46. The number of rotatable bonds is 7. The number of benzene rings is 2. The fraction of sp³-hybridized carbons (Fsp3) is 0.318. The van der Waals surface area contributed by atoms with Gasteiger partial charge in [-0.15, -0.1) is 0 Å². The molecular weight excluding hydrogens is 427 g/mol. The molecule has 6 nitrogen and oxygen atoms in total. The van der Waals surface area contributed by atoms with Crippen LogP contribution < -0.4 is 0 Å². The van der Waals surface area contributed by atoms with Gasteiger partial charge in [-0.3, -0.25) is 0 Å². The van der Waals surface area contributed by atoms with Gasteiger partial charge >= 0.3 is 12.0 Å². The van der Waals surface area contributed by atoms with Crippen LogP contribution in [0.4, 0.5) is 4.79 Å². The van der Waals surface area contributed by atoms with Crippen LogP contribution >= 0.6 is 23.2 Å². The molecule has 158 valence electrons. The van der Waals surface area contributed by atoms with Gasteiger partial charge in [0.1, 0.15) is 5.78 Å². The Morgan fingerprint density at radius 2 is 1.67 bits per heavy atom. The Morgan fingerprint density at radius 1 is 1.03 bits per heavy atom. The van der Waals surface area contributed by atoms with Crippen molar-refractivity contribution >= 4 is 41.0 Å². The van der Waals surface area contributed by atoms with Crippen LogP contribution in [0.2, 0.25) is 10.0 Å². The van der Waals surface area contributed by atoms with Gasteiger partial charge in [0.15, 0.2) is 0 Å². The summed E-state index contributed by atoms with van der Waals surface area (Å²) in [5.74, 6) is -1.05. The van der Waals surface area contributed by atoms with Crippen molar-refractivity contribution in [1.82, 2.24) is 9.80 Å². The van der Waals surface area contributed by atoms with E-state index in [4.69, 9.17) is 23.2 Å². The van der Waals surface area contributed by atoms with Gasteiger partial charge in [-0.2, -0.15) is 0 Å². The number of carboxylic acids is 1. The number of halogens is 2. The van der Waals surface area contributed by atoms with Crippen molar-refractivity contribution in [2.24, 2.45) is 5.92 Å². The topological polar surface area (TPSA) is 77.9 Å². The summed E-state index contributed by atoms with van der Waals surface area (Å²) in [6.45, 7) is 2.77. The number of urea groups is 1. The zero-order chi connectivity index (χ0) is 21.8. The minimum atomic E-state index is -1.04. The molecule has 0 spiro atoms. The predicted octanol–water partition coefficient (Wildman–Crippen LogP) is 4.72. The summed E-state index contributed by atoms with van der Waals surface area (Å²) in [7, 11) is 0. The average Bonchev–Trinajstić information content (AvgIpc) is 2.67. The van der Waals surface area contributed by atoms with Gasteiger partial charge in [0, 0.05) is 48.6 Å². The molecule has 1 aliphatic rings. The first-order chi connectivity index (χ1) is 14.2. The Kier molecular flexibility index (Phi) is 7.00. The fourth-order valence-electron chi connectivity index (χ4n) is 3.77. The van der Waals surface area contributed by atoms with Crippen LogP contribution in [0.3, 0.4) is 0 Å². The summed E-state index contributed by atoms with van der Waals surface area (Å²) in [4.78, 5) is 39.7. The first-order valence-corrected chi connectivity index (χ1v) is 10.3. The summed E-state index contributed by atoms with van der Waals surface area (Å²) >= 11 is 12.2. The van der Waals surface area contributed by atoms with Crippen molar-refractivity contribution in [3.05, 3.63) is 69.2 Å². The predicted molar refractivity (Wildman–Crippen MR) is 115 cm³/mol. The maximum Gasteiger partial charge on any atom is 0.336 e. The van der Waals surface area contributed by atoms with Crippen molar-refractivity contribution < 1.29 is 19.5 Å². The van der Waals surface area contributed by atoms with E-state index in [9.17, 15) is 19.5 Å². The van der Waals surface area contributed by atoms with Crippen LogP contribution in [-0.4, -0.2) is 45.8 Å². The number of carboxylic acid groups (broad SMARTS) is 1. The zero-order valence-electron chi connectivity index (χ0n) is 16.5. The molecule has 0 radical (unpaired) electrons. The highest BCUT2D eigenvalue weighted by Gasteiger charge is 2.33. The van der Waals surface area contributed by atoms with Crippen LogP contribution in [0.5, 0.6) is 0 Å². The number of amides is 2. The molecule has 3 rings (SSSR count). The van der Waals surface area contributed by atoms with Crippen molar-refractivity contribution in [3.8, 4) is 0 Å². The van der Waals surface area contributed by atoms with E-state index >= 15 is 0 Å². The van der Waals surface area contributed by atoms with Gasteiger partial charge in [-0.1, -0.05) is 47.5 Å². The van der Waals surface area contributed by atoms with E-state index < -0.39 is 5.97 Å². The largest absolute Gasteiger partial charge is 0.478 e. The first kappa shape index (κ1) is 22.1. The Balaban J connectivity index is 1.86. The minimum absolute atomic E-state index is 0.0460. The van der Waals surface area contributed by atoms with Crippen molar-refractivity contribution in [3.63, 3.8) is 0 Å². The summed E-state index contributed by atoms with van der Waals surface area (Å²) < 4.78 is 0. The van der Waals surface area contributed by atoms with Gasteiger partial charge in [0.25, 0.3) is 0 Å². The molecule has 1 heterocycles. The van der Waals surface area contributed by atoms with Crippen molar-refractivity contribution in [2.75, 3.05) is 13.1 Å². The lowest BCUT2D eigenvalue weighted by atomic mass is 9.98. The maximum absolute atomic E-state index is 13.2. The highest BCUT2D eigenvalue weighted by Crippen LogP contribution is 2.26. The standard InChI is InChI=1S/C22H22Cl2N2O4/c1-14(27)8-15-10-25(12-16-4-2-3-5-19(16)21(28)29)22(30)26(11-15)13-17-6-7-18(23)9-20(17)24/h2-7,9,15H,8,10-13H2,1H3,(H,28,29). The normalized spacial score (nSPS) is 16.6. The van der Waals surface area contributed by atoms with E-state index in [0.29, 0.717) is 35.1 Å². The zero-order valence-corrected chi connectivity index (χ0v) is 18.0. The molecular formula is C22H22Cl2N2O4. The smallest absolute Gasteiger partial charge is 0.336 e. The van der Waals surface area contributed by atoms with Gasteiger partial charge in [0.05, 0.1) is 5.56 Å². The van der Waals surface area contributed by atoms with Crippen LogP contribution in [0, 0.1) is 5.92 Å². The molecule has 1 atom stereocenters. The third-order valence-corrected chi connectivity index (χ3v) is 5.65. The van der Waals surface area contributed by atoms with Gasteiger partial charge in [0.2, 0.25) is 0 Å². The number of hydrogen-bond donors (Lipinski definition) is 1. The van der Waals surface area contributed by atoms with E-state index in [1.807, 2.05) is 0 Å². The molecule has 30 heavy (non-hydrogen) atoms. The van der Waals surface area contributed by atoms with Gasteiger partial charge in [-0.05, 0) is 36.2 Å². The summed E-state index contributed by atoms with van der Waals surface area (Å²) in [6, 6.07) is 11.5. The number of hydrogen-bond acceptors (Lipinski definition) is 3. The van der Waals surface area contributed by atoms with Crippen LogP contribution in [-0.2, 0) is 17.9 Å². The Labute approximate surface area is 185 Å². The molecule has 0 saturated carbocycles. The second kappa shape index (κ2) is 9.49. The van der Waals surface area contributed by atoms with Crippen LogP contribution in [0.1, 0.15) is 34.8 Å². The molecule has 1 saturated heterocycles. The lowest BCUT2D eigenvalue weighted by Gasteiger charge is -2.40. The monoisotopic (exact) mass is 448 g/mol. The quantitative estimate of drug-likeness (QED) is 0.664. The molecule has 2 aromatic carbocycles. The average molecular weight is 449 g/mol. The molecule has 0 aliphatic carbocycles. The number of Topliss-reactive ketones (excluding diaryl/α,β-unsaturated/α-hetero) is 1. The molecule has 8 heteroatoms. The number of carbonyl (C=O) groups is 3. The van der Waals surface area contributed by atoms with Crippen LogP contribution in [0.25, 0.3) is 0 Å². The maximum atomic E-state index is 13.2.